The fourth-order valence-corrected chi connectivity index (χ4v) is 3.35. The quantitative estimate of drug-likeness (QED) is 0.514. The van der Waals surface area contributed by atoms with Crippen molar-refractivity contribution in [2.45, 2.75) is 40.0 Å². The molecule has 0 spiro atoms. The summed E-state index contributed by atoms with van der Waals surface area (Å²) in [6.45, 7) is 10.2. The molecule has 0 aromatic heterocycles. The number of para-hydroxylation sites is 2. The van der Waals surface area contributed by atoms with Crippen LogP contribution >= 0.6 is 0 Å². The van der Waals surface area contributed by atoms with Gasteiger partial charge >= 0.3 is 0 Å². The Bertz CT molecular complexity index is 1130. The SMILES string of the molecule is Cc1ccc(NC(=O)c2ccccc2NC(=O)COc2ccccc2C(C)(C)C)cc1C. The van der Waals surface area contributed by atoms with E-state index in [0.29, 0.717) is 22.7 Å². The van der Waals surface area contributed by atoms with Crippen LogP contribution in [0.3, 0.4) is 0 Å². The first-order chi connectivity index (χ1) is 15.1. The average molecular weight is 431 g/mol. The van der Waals surface area contributed by atoms with Gasteiger partial charge in [0.2, 0.25) is 0 Å². The number of aryl methyl sites for hydroxylation is 2. The van der Waals surface area contributed by atoms with Crippen molar-refractivity contribution < 1.29 is 14.3 Å². The number of benzene rings is 3. The Kier molecular flexibility index (Phi) is 6.98. The molecule has 5 heteroatoms. The summed E-state index contributed by atoms with van der Waals surface area (Å²) in [7, 11) is 0. The van der Waals surface area contributed by atoms with E-state index in [4.69, 9.17) is 4.74 Å². The fourth-order valence-electron chi connectivity index (χ4n) is 3.35. The lowest BCUT2D eigenvalue weighted by Gasteiger charge is -2.22. The van der Waals surface area contributed by atoms with Crippen LogP contribution in [0.5, 0.6) is 5.75 Å². The summed E-state index contributed by atoms with van der Waals surface area (Å²) in [5.74, 6) is 0.0548. The van der Waals surface area contributed by atoms with Gasteiger partial charge in [-0.3, -0.25) is 9.59 Å². The van der Waals surface area contributed by atoms with E-state index in [2.05, 4.69) is 31.4 Å². The van der Waals surface area contributed by atoms with Gasteiger partial charge in [0.25, 0.3) is 11.8 Å². The molecule has 3 aromatic carbocycles. The zero-order chi connectivity index (χ0) is 23.3. The summed E-state index contributed by atoms with van der Waals surface area (Å²) >= 11 is 0. The van der Waals surface area contributed by atoms with Crippen LogP contribution in [0.25, 0.3) is 0 Å². The highest BCUT2D eigenvalue weighted by Gasteiger charge is 2.19. The van der Waals surface area contributed by atoms with Crippen LogP contribution < -0.4 is 15.4 Å². The Labute approximate surface area is 189 Å². The van der Waals surface area contributed by atoms with Gasteiger partial charge in [-0.1, -0.05) is 57.2 Å². The highest BCUT2D eigenvalue weighted by molar-refractivity contribution is 6.10. The molecule has 0 unspecified atom stereocenters. The molecule has 0 fully saturated rings. The van der Waals surface area contributed by atoms with E-state index in [1.165, 1.54) is 0 Å². The molecule has 0 heterocycles. The van der Waals surface area contributed by atoms with Crippen molar-refractivity contribution in [3.05, 3.63) is 89.0 Å². The maximum Gasteiger partial charge on any atom is 0.262 e. The van der Waals surface area contributed by atoms with Crippen LogP contribution in [0.1, 0.15) is 47.8 Å². The van der Waals surface area contributed by atoms with E-state index in [-0.39, 0.29) is 23.8 Å². The third-order valence-electron chi connectivity index (χ3n) is 5.26. The zero-order valence-corrected chi connectivity index (χ0v) is 19.3. The topological polar surface area (TPSA) is 67.4 Å². The number of ether oxygens (including phenoxy) is 1. The van der Waals surface area contributed by atoms with Crippen LogP contribution in [0.15, 0.2) is 66.7 Å². The minimum atomic E-state index is -0.333. The van der Waals surface area contributed by atoms with Crippen LogP contribution in [-0.4, -0.2) is 18.4 Å². The van der Waals surface area contributed by atoms with E-state index in [0.717, 1.165) is 16.7 Å². The lowest BCUT2D eigenvalue weighted by molar-refractivity contribution is -0.118. The Hall–Kier alpha value is -3.60. The average Bonchev–Trinajstić information content (AvgIpc) is 2.75. The Balaban J connectivity index is 1.69. The minimum absolute atomic E-state index is 0.105. The summed E-state index contributed by atoms with van der Waals surface area (Å²) in [4.78, 5) is 25.4. The van der Waals surface area contributed by atoms with Crippen LogP contribution in [0.2, 0.25) is 0 Å². The molecule has 0 radical (unpaired) electrons. The molecule has 3 rings (SSSR count). The van der Waals surface area contributed by atoms with Crippen molar-refractivity contribution in [1.29, 1.82) is 0 Å². The number of carbonyl (C=O) groups excluding carboxylic acids is 2. The maximum absolute atomic E-state index is 12.9. The normalized spacial score (nSPS) is 11.0. The molecule has 0 saturated carbocycles. The molecule has 0 saturated heterocycles. The summed E-state index contributed by atoms with van der Waals surface area (Å²) in [5, 5.41) is 5.70. The third kappa shape index (κ3) is 5.76. The molecule has 0 bridgehead atoms. The van der Waals surface area contributed by atoms with Gasteiger partial charge in [-0.25, -0.2) is 0 Å². The molecule has 2 amide bonds. The number of hydrogen-bond acceptors (Lipinski definition) is 3. The molecular weight excluding hydrogens is 400 g/mol. The Morgan fingerprint density at radius 2 is 1.53 bits per heavy atom. The van der Waals surface area contributed by atoms with Crippen molar-refractivity contribution in [1.82, 2.24) is 0 Å². The number of nitrogens with one attached hydrogen (secondary N) is 2. The predicted octanol–water partition coefficient (Wildman–Crippen LogP) is 5.87. The second-order valence-corrected chi connectivity index (χ2v) is 8.88. The second kappa shape index (κ2) is 9.69. The maximum atomic E-state index is 12.9. The van der Waals surface area contributed by atoms with Gasteiger partial charge in [0.1, 0.15) is 5.75 Å². The molecule has 2 N–H and O–H groups in total. The zero-order valence-electron chi connectivity index (χ0n) is 19.3. The second-order valence-electron chi connectivity index (χ2n) is 8.88. The monoisotopic (exact) mass is 430 g/mol. The van der Waals surface area contributed by atoms with Crippen LogP contribution in [0, 0.1) is 13.8 Å². The van der Waals surface area contributed by atoms with Crippen LogP contribution in [-0.2, 0) is 10.2 Å². The lowest BCUT2D eigenvalue weighted by Crippen LogP contribution is -2.23. The standard InChI is InChI=1S/C27H30N2O3/c1-18-14-15-20(16-19(18)2)28-26(31)21-10-6-8-12-23(21)29-25(30)17-32-24-13-9-7-11-22(24)27(3,4)5/h6-16H,17H2,1-5H3,(H,28,31)(H,29,30). The highest BCUT2D eigenvalue weighted by Crippen LogP contribution is 2.31. The molecular formula is C27H30N2O3. The number of carbonyl (C=O) groups is 2. The molecule has 32 heavy (non-hydrogen) atoms. The van der Waals surface area contributed by atoms with E-state index in [1.54, 1.807) is 24.3 Å². The summed E-state index contributed by atoms with van der Waals surface area (Å²) in [5.41, 5.74) is 4.70. The Morgan fingerprint density at radius 1 is 0.844 bits per heavy atom. The first-order valence-electron chi connectivity index (χ1n) is 10.6. The largest absolute Gasteiger partial charge is 0.483 e. The van der Waals surface area contributed by atoms with E-state index in [1.807, 2.05) is 56.3 Å². The van der Waals surface area contributed by atoms with Gasteiger partial charge in [-0.15, -0.1) is 0 Å². The van der Waals surface area contributed by atoms with E-state index < -0.39 is 0 Å². The molecule has 3 aromatic rings. The molecule has 0 aliphatic rings. The van der Waals surface area contributed by atoms with E-state index >= 15 is 0 Å². The van der Waals surface area contributed by atoms with Gasteiger partial charge in [-0.2, -0.15) is 0 Å². The highest BCUT2D eigenvalue weighted by atomic mass is 16.5. The van der Waals surface area contributed by atoms with Gasteiger partial charge in [0, 0.05) is 5.69 Å². The first-order valence-corrected chi connectivity index (χ1v) is 10.6. The van der Waals surface area contributed by atoms with Gasteiger partial charge in [-0.05, 0) is 66.3 Å². The minimum Gasteiger partial charge on any atom is -0.483 e. The predicted molar refractivity (Wildman–Crippen MR) is 130 cm³/mol. The molecule has 5 nitrogen and oxygen atoms in total. The van der Waals surface area contributed by atoms with Gasteiger partial charge in [0.15, 0.2) is 6.61 Å². The summed E-state index contributed by atoms with van der Waals surface area (Å²) < 4.78 is 5.81. The van der Waals surface area contributed by atoms with E-state index in [9.17, 15) is 9.59 Å². The smallest absolute Gasteiger partial charge is 0.262 e. The summed E-state index contributed by atoms with van der Waals surface area (Å²) in [6.07, 6.45) is 0. The van der Waals surface area contributed by atoms with Crippen molar-refractivity contribution in [3.8, 4) is 5.75 Å². The van der Waals surface area contributed by atoms with Crippen molar-refractivity contribution >= 4 is 23.2 Å². The van der Waals surface area contributed by atoms with Crippen molar-refractivity contribution in [2.24, 2.45) is 0 Å². The number of anilines is 2. The number of rotatable bonds is 6. The number of hydrogen-bond donors (Lipinski definition) is 2. The molecule has 166 valence electrons. The lowest BCUT2D eigenvalue weighted by atomic mass is 9.86. The van der Waals surface area contributed by atoms with Gasteiger partial charge in [0.05, 0.1) is 11.3 Å². The van der Waals surface area contributed by atoms with Crippen molar-refractivity contribution in [2.75, 3.05) is 17.2 Å². The van der Waals surface area contributed by atoms with Crippen molar-refractivity contribution in [3.63, 3.8) is 0 Å². The molecule has 0 aliphatic carbocycles. The Morgan fingerprint density at radius 3 is 2.25 bits per heavy atom. The first kappa shape index (κ1) is 23.1. The molecule has 0 aliphatic heterocycles. The molecule has 0 atom stereocenters. The van der Waals surface area contributed by atoms with Crippen LogP contribution in [0.4, 0.5) is 11.4 Å². The fraction of sp³-hybridized carbons (Fsp3) is 0.259. The number of amides is 2. The van der Waals surface area contributed by atoms with Gasteiger partial charge < -0.3 is 15.4 Å². The summed E-state index contributed by atoms with van der Waals surface area (Å²) in [6, 6.07) is 20.4. The third-order valence-corrected chi connectivity index (χ3v) is 5.26.